The zero-order valence-electron chi connectivity index (χ0n) is 16.5. The smallest absolute Gasteiger partial charge is 0.277 e. The second-order valence-corrected chi connectivity index (χ2v) is 6.83. The van der Waals surface area contributed by atoms with Crippen LogP contribution in [-0.4, -0.2) is 55.1 Å². The summed E-state index contributed by atoms with van der Waals surface area (Å²) < 4.78 is 26.9. The lowest BCUT2D eigenvalue weighted by molar-refractivity contribution is -0.127. The average Bonchev–Trinajstić information content (AvgIpc) is 3.42. The highest BCUT2D eigenvalue weighted by Gasteiger charge is 2.19. The zero-order chi connectivity index (χ0) is 20.8. The van der Waals surface area contributed by atoms with E-state index in [2.05, 4.69) is 10.2 Å². The zero-order valence-corrected chi connectivity index (χ0v) is 17.3. The van der Waals surface area contributed by atoms with E-state index in [1.807, 2.05) is 6.07 Å². The normalized spacial score (nSPS) is 10.6. The van der Waals surface area contributed by atoms with Crippen LogP contribution >= 0.6 is 11.8 Å². The average molecular weight is 419 g/mol. The van der Waals surface area contributed by atoms with Gasteiger partial charge in [-0.3, -0.25) is 4.79 Å². The van der Waals surface area contributed by atoms with Crippen molar-refractivity contribution in [3.8, 4) is 28.7 Å². The fourth-order valence-corrected chi connectivity index (χ4v) is 3.25. The van der Waals surface area contributed by atoms with E-state index in [1.54, 1.807) is 36.4 Å². The molecule has 0 atom stereocenters. The Balaban J connectivity index is 1.67. The van der Waals surface area contributed by atoms with Gasteiger partial charge in [-0.2, -0.15) is 0 Å². The standard InChI is InChI=1S/C19H21N3O6S/c1-22(10-13-6-5-7-27-13)16(23)11-29-19-21-20-18(28-19)12-8-14(24-2)17(26-4)15(9-12)25-3/h5-9H,10-11H2,1-4H3. The third kappa shape index (κ3) is 4.83. The number of rotatable bonds is 9. The minimum Gasteiger partial charge on any atom is -0.493 e. The Labute approximate surface area is 171 Å². The van der Waals surface area contributed by atoms with Crippen LogP contribution in [0.15, 0.2) is 44.6 Å². The number of methoxy groups -OCH3 is 3. The van der Waals surface area contributed by atoms with Gasteiger partial charge in [0, 0.05) is 12.6 Å². The van der Waals surface area contributed by atoms with Gasteiger partial charge in [0.1, 0.15) is 5.76 Å². The topological polar surface area (TPSA) is 100 Å². The second kappa shape index (κ2) is 9.37. The predicted octanol–water partition coefficient (Wildman–Crippen LogP) is 3.11. The molecule has 2 heterocycles. The molecular weight excluding hydrogens is 398 g/mol. The Morgan fingerprint density at radius 3 is 2.45 bits per heavy atom. The van der Waals surface area contributed by atoms with Gasteiger partial charge in [0.15, 0.2) is 11.5 Å². The van der Waals surface area contributed by atoms with Gasteiger partial charge in [0.25, 0.3) is 5.22 Å². The maximum absolute atomic E-state index is 12.3. The van der Waals surface area contributed by atoms with Gasteiger partial charge in [-0.1, -0.05) is 11.8 Å². The molecule has 0 unspecified atom stereocenters. The van der Waals surface area contributed by atoms with Crippen LogP contribution in [0.4, 0.5) is 0 Å². The number of aromatic nitrogens is 2. The van der Waals surface area contributed by atoms with E-state index in [0.717, 1.165) is 11.8 Å². The van der Waals surface area contributed by atoms with Crippen molar-refractivity contribution < 1.29 is 27.8 Å². The molecule has 0 spiro atoms. The lowest BCUT2D eigenvalue weighted by Crippen LogP contribution is -2.27. The van der Waals surface area contributed by atoms with Gasteiger partial charge in [0.2, 0.25) is 17.5 Å². The molecule has 0 saturated carbocycles. The molecule has 9 nitrogen and oxygen atoms in total. The number of hydrogen-bond acceptors (Lipinski definition) is 9. The summed E-state index contributed by atoms with van der Waals surface area (Å²) in [5.74, 6) is 2.50. The monoisotopic (exact) mass is 419 g/mol. The van der Waals surface area contributed by atoms with Crippen molar-refractivity contribution in [3.63, 3.8) is 0 Å². The molecule has 0 radical (unpaired) electrons. The molecule has 29 heavy (non-hydrogen) atoms. The van der Waals surface area contributed by atoms with Crippen LogP contribution in [0, 0.1) is 0 Å². The van der Waals surface area contributed by atoms with Crippen molar-refractivity contribution in [2.75, 3.05) is 34.1 Å². The van der Waals surface area contributed by atoms with Gasteiger partial charge >= 0.3 is 0 Å². The SMILES string of the molecule is COc1cc(-c2nnc(SCC(=O)N(C)Cc3ccco3)o2)cc(OC)c1OC. The number of thioether (sulfide) groups is 1. The van der Waals surface area contributed by atoms with Crippen molar-refractivity contribution in [1.29, 1.82) is 0 Å². The van der Waals surface area contributed by atoms with Crippen molar-refractivity contribution in [3.05, 3.63) is 36.3 Å². The van der Waals surface area contributed by atoms with E-state index < -0.39 is 0 Å². The van der Waals surface area contributed by atoms with Crippen LogP contribution in [0.25, 0.3) is 11.5 Å². The number of amides is 1. The maximum atomic E-state index is 12.3. The molecular formula is C19H21N3O6S. The van der Waals surface area contributed by atoms with Crippen molar-refractivity contribution in [1.82, 2.24) is 15.1 Å². The third-order valence-corrected chi connectivity index (χ3v) is 4.84. The summed E-state index contributed by atoms with van der Waals surface area (Å²) in [6.07, 6.45) is 1.57. The van der Waals surface area contributed by atoms with Gasteiger partial charge < -0.3 is 27.9 Å². The minimum absolute atomic E-state index is 0.0843. The van der Waals surface area contributed by atoms with Gasteiger partial charge in [0.05, 0.1) is 39.9 Å². The molecule has 0 aliphatic rings. The van der Waals surface area contributed by atoms with E-state index in [9.17, 15) is 4.79 Å². The number of carbonyl (C=O) groups excluding carboxylic acids is 1. The summed E-state index contributed by atoms with van der Waals surface area (Å²) in [5.41, 5.74) is 0.611. The van der Waals surface area contributed by atoms with Crippen LogP contribution in [0.1, 0.15) is 5.76 Å². The number of furan rings is 1. The van der Waals surface area contributed by atoms with Crippen molar-refractivity contribution in [2.24, 2.45) is 0 Å². The summed E-state index contributed by atoms with van der Waals surface area (Å²) in [5, 5.41) is 8.33. The van der Waals surface area contributed by atoms with E-state index in [4.69, 9.17) is 23.0 Å². The first kappa shape index (κ1) is 20.6. The largest absolute Gasteiger partial charge is 0.493 e. The molecule has 0 fully saturated rings. The Morgan fingerprint density at radius 2 is 1.86 bits per heavy atom. The summed E-state index contributed by atoms with van der Waals surface area (Å²) in [4.78, 5) is 13.9. The molecule has 1 aromatic carbocycles. The highest BCUT2D eigenvalue weighted by molar-refractivity contribution is 7.99. The molecule has 0 bridgehead atoms. The van der Waals surface area contributed by atoms with Crippen molar-refractivity contribution in [2.45, 2.75) is 11.8 Å². The number of ether oxygens (including phenoxy) is 3. The molecule has 0 N–H and O–H groups in total. The molecule has 10 heteroatoms. The number of benzene rings is 1. The van der Waals surface area contributed by atoms with Gasteiger partial charge in [-0.25, -0.2) is 0 Å². The number of carbonyl (C=O) groups is 1. The fourth-order valence-electron chi connectivity index (χ4n) is 2.55. The van der Waals surface area contributed by atoms with E-state index >= 15 is 0 Å². The summed E-state index contributed by atoms with van der Waals surface area (Å²) in [7, 11) is 6.30. The van der Waals surface area contributed by atoms with Crippen LogP contribution in [0.2, 0.25) is 0 Å². The first-order chi connectivity index (χ1) is 14.0. The van der Waals surface area contributed by atoms with Gasteiger partial charge in [-0.15, -0.1) is 10.2 Å². The van der Waals surface area contributed by atoms with Crippen LogP contribution in [-0.2, 0) is 11.3 Å². The molecule has 154 valence electrons. The predicted molar refractivity (Wildman–Crippen MR) is 105 cm³/mol. The Morgan fingerprint density at radius 1 is 1.14 bits per heavy atom. The van der Waals surface area contributed by atoms with E-state index in [-0.39, 0.29) is 22.8 Å². The number of hydrogen-bond donors (Lipinski definition) is 0. The van der Waals surface area contributed by atoms with Gasteiger partial charge in [-0.05, 0) is 24.3 Å². The van der Waals surface area contributed by atoms with Crippen LogP contribution < -0.4 is 14.2 Å². The molecule has 0 aliphatic heterocycles. The Bertz CT molecular complexity index is 932. The molecule has 0 aliphatic carbocycles. The first-order valence-corrected chi connectivity index (χ1v) is 9.57. The van der Waals surface area contributed by atoms with E-state index in [0.29, 0.717) is 35.1 Å². The second-order valence-electron chi connectivity index (χ2n) is 5.90. The molecule has 0 saturated heterocycles. The molecule has 3 aromatic rings. The summed E-state index contributed by atoms with van der Waals surface area (Å²) in [6, 6.07) is 7.03. The minimum atomic E-state index is -0.0843. The van der Waals surface area contributed by atoms with E-state index in [1.165, 1.54) is 21.3 Å². The molecule has 2 aromatic heterocycles. The summed E-state index contributed by atoms with van der Waals surface area (Å²) >= 11 is 1.16. The lowest BCUT2D eigenvalue weighted by Gasteiger charge is -2.14. The maximum Gasteiger partial charge on any atom is 0.277 e. The van der Waals surface area contributed by atoms with Crippen molar-refractivity contribution >= 4 is 17.7 Å². The van der Waals surface area contributed by atoms with Crippen LogP contribution in [0.5, 0.6) is 17.2 Å². The number of nitrogens with zero attached hydrogens (tertiary/aromatic N) is 3. The van der Waals surface area contributed by atoms with Crippen LogP contribution in [0.3, 0.4) is 0 Å². The lowest BCUT2D eigenvalue weighted by atomic mass is 10.2. The summed E-state index contributed by atoms with van der Waals surface area (Å²) in [6.45, 7) is 0.396. The molecule has 1 amide bonds. The third-order valence-electron chi connectivity index (χ3n) is 4.04. The quantitative estimate of drug-likeness (QED) is 0.484. The first-order valence-electron chi connectivity index (χ1n) is 8.58. The fraction of sp³-hybridized carbons (Fsp3) is 0.316. The Hall–Kier alpha value is -3.14. The highest BCUT2D eigenvalue weighted by Crippen LogP contribution is 2.41. The highest BCUT2D eigenvalue weighted by atomic mass is 32.2. The molecule has 3 rings (SSSR count). The Kier molecular flexibility index (Phi) is 6.65.